The lowest BCUT2D eigenvalue weighted by molar-refractivity contribution is -0.113. The Hall–Kier alpha value is -2.15. The maximum absolute atomic E-state index is 13.0. The molecule has 2 N–H and O–H groups in total. The Morgan fingerprint density at radius 2 is 1.87 bits per heavy atom. The summed E-state index contributed by atoms with van der Waals surface area (Å²) in [5, 5.41) is 5.86. The molecule has 0 bridgehead atoms. The number of hydrogen-bond acceptors (Lipinski definition) is 4. The van der Waals surface area contributed by atoms with E-state index in [0.29, 0.717) is 17.1 Å². The molecule has 0 radical (unpaired) electrons. The highest BCUT2D eigenvalue weighted by molar-refractivity contribution is 8.00. The molecule has 0 saturated heterocycles. The summed E-state index contributed by atoms with van der Waals surface area (Å²) in [5.41, 5.74) is 1.58. The Bertz CT molecular complexity index is 913. The lowest BCUT2D eigenvalue weighted by atomic mass is 9.95. The van der Waals surface area contributed by atoms with Crippen molar-refractivity contribution in [2.24, 2.45) is 0 Å². The van der Waals surface area contributed by atoms with Gasteiger partial charge in [-0.25, -0.2) is 0 Å². The van der Waals surface area contributed by atoms with E-state index in [-0.39, 0.29) is 22.8 Å². The van der Waals surface area contributed by atoms with E-state index in [0.717, 1.165) is 50.0 Å². The summed E-state index contributed by atoms with van der Waals surface area (Å²) >= 11 is 1.51. The van der Waals surface area contributed by atoms with Crippen LogP contribution in [0.25, 0.3) is 0 Å². The molecule has 2 heterocycles. The number of carbonyl (C=O) groups is 1. The zero-order chi connectivity index (χ0) is 20.9. The first-order valence-electron chi connectivity index (χ1n) is 11.2. The van der Waals surface area contributed by atoms with E-state index in [1.165, 1.54) is 31.0 Å². The predicted molar refractivity (Wildman–Crippen MR) is 122 cm³/mol. The zero-order valence-corrected chi connectivity index (χ0v) is 18.4. The van der Waals surface area contributed by atoms with Crippen molar-refractivity contribution in [3.8, 4) is 5.75 Å². The summed E-state index contributed by atoms with van der Waals surface area (Å²) in [5.74, 6) is 1.78. The number of hydrogen-bond donors (Lipinski definition) is 2. The van der Waals surface area contributed by atoms with E-state index in [9.17, 15) is 9.59 Å². The number of fused-ring (bicyclic) bond motifs is 1. The minimum absolute atomic E-state index is 0.0526. The molecule has 6 nitrogen and oxygen atoms in total. The number of carbonyl (C=O) groups excluding carboxylic acids is 1. The monoisotopic (exact) mass is 429 g/mol. The normalized spacial score (nSPS) is 19.8. The number of nitrogens with one attached hydrogen (secondary N) is 2. The van der Waals surface area contributed by atoms with Gasteiger partial charge in [-0.05, 0) is 37.0 Å². The molecular formula is C23H31N3O3S. The molecule has 1 aromatic heterocycles. The molecule has 30 heavy (non-hydrogen) atoms. The number of aromatic nitrogens is 2. The van der Waals surface area contributed by atoms with E-state index >= 15 is 0 Å². The average Bonchev–Trinajstić information content (AvgIpc) is 2.97. The fourth-order valence-electron chi connectivity index (χ4n) is 4.40. The molecule has 162 valence electrons. The molecule has 0 unspecified atom stereocenters. The Morgan fingerprint density at radius 3 is 2.60 bits per heavy atom. The van der Waals surface area contributed by atoms with Gasteiger partial charge in [0.25, 0.3) is 5.56 Å². The third-order valence-electron chi connectivity index (χ3n) is 6.00. The van der Waals surface area contributed by atoms with Crippen LogP contribution in [0.2, 0.25) is 0 Å². The standard InChI is InChI=1S/C23H31N3O3S/c1-2-3-7-14-29-18-12-10-16(11-13-18)21-20-22(24-19(27)15-30-21)26(25-23(20)28)17-8-5-4-6-9-17/h10-13,17,21H,2-9,14-15H2,1H3,(H,24,27)(H,25,28)/t21-/m0/s1. The number of thioether (sulfide) groups is 1. The number of H-pyrrole nitrogens is 1. The molecule has 2 aromatic rings. The highest BCUT2D eigenvalue weighted by atomic mass is 32.2. The van der Waals surface area contributed by atoms with Gasteiger partial charge in [-0.3, -0.25) is 19.4 Å². The number of nitrogens with zero attached hydrogens (tertiary/aromatic N) is 1. The van der Waals surface area contributed by atoms with Crippen LogP contribution in [0.5, 0.6) is 5.75 Å². The molecular weight excluding hydrogens is 398 g/mol. The summed E-state index contributed by atoms with van der Waals surface area (Å²) < 4.78 is 7.75. The number of rotatable bonds is 7. The van der Waals surface area contributed by atoms with Gasteiger partial charge in [-0.15, -0.1) is 11.8 Å². The fraction of sp³-hybridized carbons (Fsp3) is 0.565. The minimum Gasteiger partial charge on any atom is -0.494 e. The SMILES string of the molecule is CCCCCOc1ccc([C@@H]2SCC(=O)Nc3c2c(=O)[nH]n3C2CCCCC2)cc1. The van der Waals surface area contributed by atoms with Crippen molar-refractivity contribution >= 4 is 23.5 Å². The van der Waals surface area contributed by atoms with Crippen LogP contribution in [0.15, 0.2) is 29.1 Å². The smallest absolute Gasteiger partial charge is 0.270 e. The molecule has 1 saturated carbocycles. The van der Waals surface area contributed by atoms with Crippen LogP contribution in [0.1, 0.15) is 80.7 Å². The first kappa shape index (κ1) is 21.1. The number of amides is 1. The Balaban J connectivity index is 1.60. The lowest BCUT2D eigenvalue weighted by Crippen LogP contribution is -2.21. The Kier molecular flexibility index (Phi) is 6.87. The van der Waals surface area contributed by atoms with E-state index in [1.54, 1.807) is 0 Å². The number of benzene rings is 1. The van der Waals surface area contributed by atoms with Gasteiger partial charge in [0.2, 0.25) is 5.91 Å². The minimum atomic E-state index is -0.179. The number of ether oxygens (including phenoxy) is 1. The summed E-state index contributed by atoms with van der Waals surface area (Å²) in [4.78, 5) is 25.4. The third kappa shape index (κ3) is 4.61. The van der Waals surface area contributed by atoms with Gasteiger partial charge in [0, 0.05) is 0 Å². The molecule has 1 aliphatic heterocycles. The van der Waals surface area contributed by atoms with E-state index < -0.39 is 0 Å². The van der Waals surface area contributed by atoms with Crippen molar-refractivity contribution in [1.29, 1.82) is 0 Å². The fourth-order valence-corrected chi connectivity index (χ4v) is 5.53. The van der Waals surface area contributed by atoms with Crippen molar-refractivity contribution < 1.29 is 9.53 Å². The first-order chi connectivity index (χ1) is 14.7. The van der Waals surface area contributed by atoms with E-state index in [2.05, 4.69) is 17.3 Å². The van der Waals surface area contributed by atoms with Gasteiger partial charge < -0.3 is 10.1 Å². The molecule has 1 amide bonds. The quantitative estimate of drug-likeness (QED) is 0.606. The maximum atomic E-state index is 13.0. The number of aromatic amines is 1. The van der Waals surface area contributed by atoms with Gasteiger partial charge in [0.05, 0.1) is 29.2 Å². The van der Waals surface area contributed by atoms with Crippen molar-refractivity contribution in [2.45, 2.75) is 69.6 Å². The average molecular weight is 430 g/mol. The second-order valence-electron chi connectivity index (χ2n) is 8.23. The topological polar surface area (TPSA) is 76.1 Å². The number of anilines is 1. The molecule has 1 atom stereocenters. The van der Waals surface area contributed by atoms with Crippen molar-refractivity contribution in [3.63, 3.8) is 0 Å². The van der Waals surface area contributed by atoms with Crippen LogP contribution in [-0.4, -0.2) is 28.0 Å². The van der Waals surface area contributed by atoms with Crippen LogP contribution in [-0.2, 0) is 4.79 Å². The summed E-state index contributed by atoms with van der Waals surface area (Å²) in [6, 6.07) is 8.22. The predicted octanol–water partition coefficient (Wildman–Crippen LogP) is 5.03. The number of unbranched alkanes of at least 4 members (excludes halogenated alkanes) is 2. The molecule has 0 spiro atoms. The molecule has 7 heteroatoms. The van der Waals surface area contributed by atoms with Crippen LogP contribution >= 0.6 is 11.8 Å². The second-order valence-corrected chi connectivity index (χ2v) is 9.32. The Labute approximate surface area is 181 Å². The Morgan fingerprint density at radius 1 is 1.10 bits per heavy atom. The summed E-state index contributed by atoms with van der Waals surface area (Å²) in [7, 11) is 0. The van der Waals surface area contributed by atoms with Gasteiger partial charge in [0.15, 0.2) is 0 Å². The van der Waals surface area contributed by atoms with Crippen molar-refractivity contribution in [2.75, 3.05) is 17.7 Å². The molecule has 1 aromatic carbocycles. The van der Waals surface area contributed by atoms with Gasteiger partial charge in [0.1, 0.15) is 11.6 Å². The first-order valence-corrected chi connectivity index (χ1v) is 12.2. The van der Waals surface area contributed by atoms with Crippen LogP contribution in [0, 0.1) is 0 Å². The van der Waals surface area contributed by atoms with Crippen LogP contribution in [0.3, 0.4) is 0 Å². The highest BCUT2D eigenvalue weighted by Crippen LogP contribution is 2.42. The molecule has 2 aliphatic rings. The molecule has 4 rings (SSSR count). The summed E-state index contributed by atoms with van der Waals surface area (Å²) in [6.45, 7) is 2.90. The highest BCUT2D eigenvalue weighted by Gasteiger charge is 2.32. The summed E-state index contributed by atoms with van der Waals surface area (Å²) in [6.07, 6.45) is 9.02. The third-order valence-corrected chi connectivity index (χ3v) is 7.27. The van der Waals surface area contributed by atoms with E-state index in [4.69, 9.17) is 4.74 Å². The largest absolute Gasteiger partial charge is 0.494 e. The van der Waals surface area contributed by atoms with Gasteiger partial charge in [-0.1, -0.05) is 51.2 Å². The maximum Gasteiger partial charge on any atom is 0.270 e. The van der Waals surface area contributed by atoms with E-state index in [1.807, 2.05) is 28.9 Å². The van der Waals surface area contributed by atoms with Crippen LogP contribution in [0.4, 0.5) is 5.82 Å². The second kappa shape index (κ2) is 9.77. The molecule has 1 fully saturated rings. The van der Waals surface area contributed by atoms with Gasteiger partial charge in [-0.2, -0.15) is 0 Å². The molecule has 1 aliphatic carbocycles. The van der Waals surface area contributed by atoms with Crippen molar-refractivity contribution in [3.05, 3.63) is 45.7 Å². The lowest BCUT2D eigenvalue weighted by Gasteiger charge is -2.24. The zero-order valence-electron chi connectivity index (χ0n) is 17.6. The van der Waals surface area contributed by atoms with Crippen LogP contribution < -0.4 is 15.6 Å². The van der Waals surface area contributed by atoms with Crippen molar-refractivity contribution in [1.82, 2.24) is 9.78 Å². The van der Waals surface area contributed by atoms with Gasteiger partial charge >= 0.3 is 0 Å².